The zero-order valence-electron chi connectivity index (χ0n) is 16.9. The maximum absolute atomic E-state index is 14.6. The predicted octanol–water partition coefficient (Wildman–Crippen LogP) is 4.55. The van der Waals surface area contributed by atoms with Gasteiger partial charge in [0.15, 0.2) is 5.82 Å². The number of fused-ring (bicyclic) bond motifs is 2. The summed E-state index contributed by atoms with van der Waals surface area (Å²) in [5.41, 5.74) is -0.0192. The number of hydrogen-bond donors (Lipinski definition) is 0. The van der Waals surface area contributed by atoms with E-state index in [1.54, 1.807) is 4.90 Å². The molecule has 1 amide bonds. The first-order valence-electron chi connectivity index (χ1n) is 9.80. The van der Waals surface area contributed by atoms with Gasteiger partial charge in [-0.1, -0.05) is 18.2 Å². The number of benzene rings is 1. The van der Waals surface area contributed by atoms with Crippen molar-refractivity contribution in [2.24, 2.45) is 0 Å². The number of piperazine rings is 1. The van der Waals surface area contributed by atoms with Gasteiger partial charge in [-0.25, -0.2) is 9.18 Å². The molecule has 1 aromatic heterocycles. The summed E-state index contributed by atoms with van der Waals surface area (Å²) >= 11 is 6.38. The van der Waals surface area contributed by atoms with Crippen LogP contribution < -0.4 is 4.90 Å². The number of hydrogen-bond acceptors (Lipinski definition) is 5. The number of anilines is 1. The van der Waals surface area contributed by atoms with Crippen molar-refractivity contribution in [2.45, 2.75) is 50.8 Å². The van der Waals surface area contributed by atoms with Crippen LogP contribution in [0.4, 0.5) is 19.4 Å². The molecule has 4 heterocycles. The summed E-state index contributed by atoms with van der Waals surface area (Å²) in [7, 11) is 0. The molecule has 9 heteroatoms. The third kappa shape index (κ3) is 2.69. The Morgan fingerprint density at radius 3 is 2.80 bits per heavy atom. The molecule has 2 aromatic rings. The zero-order chi connectivity index (χ0) is 21.6. The van der Waals surface area contributed by atoms with Gasteiger partial charge in [-0.3, -0.25) is 0 Å². The van der Waals surface area contributed by atoms with E-state index >= 15 is 0 Å². The van der Waals surface area contributed by atoms with Crippen molar-refractivity contribution >= 4 is 40.0 Å². The summed E-state index contributed by atoms with van der Waals surface area (Å²) in [5, 5.41) is 0.567. The van der Waals surface area contributed by atoms with Crippen LogP contribution in [0, 0.1) is 11.9 Å². The third-order valence-electron chi connectivity index (χ3n) is 6.10. The number of rotatable bonds is 0. The Morgan fingerprint density at radius 1 is 1.37 bits per heavy atom. The largest absolute Gasteiger partial charge is 0.444 e. The van der Waals surface area contributed by atoms with Crippen LogP contribution in [0.3, 0.4) is 0 Å². The zero-order valence-corrected chi connectivity index (χ0v) is 17.7. The highest BCUT2D eigenvalue weighted by Gasteiger charge is 2.58. The fourth-order valence-corrected chi connectivity index (χ4v) is 5.44. The number of nitrogens with zero attached hydrogens (tertiary/aromatic N) is 4. The molecule has 2 atom stereocenters. The molecule has 30 heavy (non-hydrogen) atoms. The van der Waals surface area contributed by atoms with Crippen LogP contribution >= 0.6 is 11.6 Å². The molecular formula is C21H21ClF2N4O2. The van der Waals surface area contributed by atoms with E-state index in [2.05, 4.69) is 16.5 Å². The van der Waals surface area contributed by atoms with Crippen LogP contribution in [-0.2, 0) is 4.74 Å². The highest BCUT2D eigenvalue weighted by molar-refractivity contribution is 6.34. The Hall–Kier alpha value is -2.48. The Morgan fingerprint density at radius 2 is 2.10 bits per heavy atom. The Balaban J connectivity index is 1.64. The SMILES string of the molecule is C=C1C[C@]23C[C@H](CN2c2nc(F)nc4c(F)cc(Cl)c1c24)N(C(=O)OC(C)(C)C)C3. The van der Waals surface area contributed by atoms with Crippen molar-refractivity contribution in [2.75, 3.05) is 18.0 Å². The minimum atomic E-state index is -1.00. The van der Waals surface area contributed by atoms with E-state index in [1.807, 2.05) is 25.7 Å². The van der Waals surface area contributed by atoms with Gasteiger partial charge >= 0.3 is 12.2 Å². The summed E-state index contributed by atoms with van der Waals surface area (Å²) in [6.07, 6.45) is -0.230. The van der Waals surface area contributed by atoms with Gasteiger partial charge < -0.3 is 14.5 Å². The van der Waals surface area contributed by atoms with Crippen molar-refractivity contribution in [3.8, 4) is 0 Å². The van der Waals surface area contributed by atoms with Gasteiger partial charge in [-0.15, -0.1) is 0 Å². The van der Waals surface area contributed by atoms with Crippen LogP contribution in [-0.4, -0.2) is 51.2 Å². The number of aromatic nitrogens is 2. The smallest absolute Gasteiger partial charge is 0.410 e. The maximum Gasteiger partial charge on any atom is 0.410 e. The molecule has 0 aliphatic carbocycles. The monoisotopic (exact) mass is 434 g/mol. The normalized spacial score (nSPS) is 25.0. The molecule has 3 aliphatic rings. The van der Waals surface area contributed by atoms with Crippen molar-refractivity contribution in [1.82, 2.24) is 14.9 Å². The van der Waals surface area contributed by atoms with E-state index in [0.29, 0.717) is 48.3 Å². The average Bonchev–Trinajstić information content (AvgIpc) is 3.12. The molecule has 5 rings (SSSR count). The van der Waals surface area contributed by atoms with E-state index in [9.17, 15) is 13.6 Å². The first kappa shape index (κ1) is 19.5. The summed E-state index contributed by atoms with van der Waals surface area (Å²) in [5.74, 6) is -0.399. The lowest BCUT2D eigenvalue weighted by Gasteiger charge is -2.42. The summed E-state index contributed by atoms with van der Waals surface area (Å²) < 4.78 is 34.5. The fraction of sp³-hybridized carbons (Fsp3) is 0.476. The van der Waals surface area contributed by atoms with Gasteiger partial charge in [-0.05, 0) is 45.3 Å². The molecule has 1 spiro atoms. The van der Waals surface area contributed by atoms with Crippen LogP contribution in [0.1, 0.15) is 39.2 Å². The molecule has 3 aliphatic heterocycles. The topological polar surface area (TPSA) is 58.6 Å². The molecule has 0 unspecified atom stereocenters. The first-order chi connectivity index (χ1) is 14.0. The van der Waals surface area contributed by atoms with Crippen molar-refractivity contribution in [1.29, 1.82) is 0 Å². The van der Waals surface area contributed by atoms with Crippen LogP contribution in [0.15, 0.2) is 12.6 Å². The summed E-state index contributed by atoms with van der Waals surface area (Å²) in [6.45, 7) is 10.5. The van der Waals surface area contributed by atoms with E-state index in [4.69, 9.17) is 16.3 Å². The van der Waals surface area contributed by atoms with Gasteiger partial charge in [0.05, 0.1) is 22.0 Å². The molecule has 0 radical (unpaired) electrons. The number of ether oxygens (including phenoxy) is 1. The summed E-state index contributed by atoms with van der Waals surface area (Å²) in [4.78, 5) is 24.2. The molecule has 0 N–H and O–H groups in total. The first-order valence-corrected chi connectivity index (χ1v) is 10.2. The Labute approximate surface area is 177 Å². The molecular weight excluding hydrogens is 414 g/mol. The van der Waals surface area contributed by atoms with Crippen LogP contribution in [0.5, 0.6) is 0 Å². The second kappa shape index (κ2) is 6.03. The lowest BCUT2D eigenvalue weighted by molar-refractivity contribution is 0.0200. The second-order valence-corrected chi connectivity index (χ2v) is 9.74. The number of likely N-dealkylation sites (tertiary alicyclic amines) is 1. The van der Waals surface area contributed by atoms with E-state index < -0.39 is 23.0 Å². The lowest BCUT2D eigenvalue weighted by Crippen LogP contribution is -2.56. The van der Waals surface area contributed by atoms with Gasteiger partial charge in [0.2, 0.25) is 0 Å². The van der Waals surface area contributed by atoms with Gasteiger partial charge in [-0.2, -0.15) is 14.4 Å². The van der Waals surface area contributed by atoms with E-state index in [0.717, 1.165) is 6.07 Å². The van der Waals surface area contributed by atoms with Crippen molar-refractivity contribution in [3.05, 3.63) is 35.1 Å². The standard InChI is InChI=1S/C21H21ClF2N4O2/c1-10-6-21-7-11(27(9-21)19(29)30-20(2,3)4)8-28(21)17-15-14(10)12(22)5-13(23)16(15)25-18(24)26-17/h5,11H,1,6-9H2,2-4H3/t11-,21-/m1/s1. The molecule has 6 nitrogen and oxygen atoms in total. The van der Waals surface area contributed by atoms with Gasteiger partial charge in [0.25, 0.3) is 0 Å². The van der Waals surface area contributed by atoms with Crippen molar-refractivity contribution in [3.63, 3.8) is 0 Å². The number of halogens is 3. The highest BCUT2D eigenvalue weighted by Crippen LogP contribution is 2.53. The number of carbonyl (C=O) groups excluding carboxylic acids is 1. The third-order valence-corrected chi connectivity index (χ3v) is 6.40. The molecule has 2 bridgehead atoms. The van der Waals surface area contributed by atoms with E-state index in [-0.39, 0.29) is 22.7 Å². The summed E-state index contributed by atoms with van der Waals surface area (Å²) in [6, 6.07) is 1.02. The van der Waals surface area contributed by atoms with Crippen LogP contribution in [0.25, 0.3) is 16.5 Å². The lowest BCUT2D eigenvalue weighted by atomic mass is 9.88. The van der Waals surface area contributed by atoms with Crippen molar-refractivity contribution < 1.29 is 18.3 Å². The van der Waals surface area contributed by atoms with Gasteiger partial charge in [0, 0.05) is 18.7 Å². The molecule has 158 valence electrons. The van der Waals surface area contributed by atoms with Gasteiger partial charge in [0.1, 0.15) is 16.9 Å². The quantitative estimate of drug-likeness (QED) is 0.569. The predicted molar refractivity (Wildman–Crippen MR) is 110 cm³/mol. The number of carbonyl (C=O) groups is 1. The molecule has 2 fully saturated rings. The Kier molecular flexibility index (Phi) is 3.92. The second-order valence-electron chi connectivity index (χ2n) is 9.34. The molecule has 0 saturated carbocycles. The Bertz CT molecular complexity index is 1130. The van der Waals surface area contributed by atoms with E-state index in [1.165, 1.54) is 0 Å². The number of amides is 1. The maximum atomic E-state index is 14.6. The average molecular weight is 435 g/mol. The molecule has 1 aromatic carbocycles. The minimum Gasteiger partial charge on any atom is -0.444 e. The van der Waals surface area contributed by atoms with Crippen LogP contribution in [0.2, 0.25) is 5.02 Å². The minimum absolute atomic E-state index is 0.109. The fourth-order valence-electron chi connectivity index (χ4n) is 5.11. The molecule has 2 saturated heterocycles. The highest BCUT2D eigenvalue weighted by atomic mass is 35.5.